The average Bonchev–Trinajstić information content (AvgIpc) is 2.84. The van der Waals surface area contributed by atoms with Crippen molar-refractivity contribution in [3.05, 3.63) is 57.4 Å². The number of hydrogen-bond donors (Lipinski definition) is 1. The Morgan fingerprint density at radius 2 is 1.75 bits per heavy atom. The summed E-state index contributed by atoms with van der Waals surface area (Å²) >= 11 is 5.98. The molecule has 1 heterocycles. The minimum absolute atomic E-state index is 0.00718. The van der Waals surface area contributed by atoms with E-state index in [0.717, 1.165) is 42.5 Å². The Balaban J connectivity index is 1.54. The van der Waals surface area contributed by atoms with Gasteiger partial charge in [0.1, 0.15) is 11.8 Å². The van der Waals surface area contributed by atoms with Crippen molar-refractivity contribution in [3.63, 3.8) is 0 Å². The van der Waals surface area contributed by atoms with E-state index in [0.29, 0.717) is 29.1 Å². The number of esters is 1. The van der Waals surface area contributed by atoms with E-state index in [2.05, 4.69) is 4.98 Å². The number of nitrogens with one attached hydrogen (secondary N) is 1. The molecule has 4 nitrogen and oxygen atoms in total. The molecule has 0 amide bonds. The van der Waals surface area contributed by atoms with Gasteiger partial charge in [-0.3, -0.25) is 4.79 Å². The third kappa shape index (κ3) is 3.88. The second-order valence-corrected chi connectivity index (χ2v) is 8.51. The zero-order valence-corrected chi connectivity index (χ0v) is 17.0. The van der Waals surface area contributed by atoms with E-state index in [9.17, 15) is 9.59 Å². The summed E-state index contributed by atoms with van der Waals surface area (Å²) in [5.74, 6) is -0.140. The number of rotatable bonds is 3. The quantitative estimate of drug-likeness (QED) is 0.526. The number of aromatic amines is 1. The summed E-state index contributed by atoms with van der Waals surface area (Å²) in [7, 11) is 0. The van der Waals surface area contributed by atoms with E-state index in [4.69, 9.17) is 16.3 Å². The van der Waals surface area contributed by atoms with Gasteiger partial charge < -0.3 is 9.72 Å². The van der Waals surface area contributed by atoms with Crippen LogP contribution >= 0.6 is 11.6 Å². The van der Waals surface area contributed by atoms with Gasteiger partial charge in [-0.25, -0.2) is 4.79 Å². The monoisotopic (exact) mass is 399 g/mol. The number of fused-ring (bicyclic) bond motifs is 1. The molecule has 0 spiro atoms. The van der Waals surface area contributed by atoms with Gasteiger partial charge >= 0.3 is 5.97 Å². The molecule has 1 N–H and O–H groups in total. The molecule has 2 aliphatic carbocycles. The van der Waals surface area contributed by atoms with Gasteiger partial charge in [0.15, 0.2) is 5.78 Å². The molecule has 0 radical (unpaired) electrons. The highest BCUT2D eigenvalue weighted by molar-refractivity contribution is 6.30. The lowest BCUT2D eigenvalue weighted by molar-refractivity contribution is 0.0260. The fourth-order valence-corrected chi connectivity index (χ4v) is 4.70. The van der Waals surface area contributed by atoms with Crippen molar-refractivity contribution in [2.75, 3.05) is 0 Å². The predicted molar refractivity (Wildman–Crippen MR) is 109 cm³/mol. The van der Waals surface area contributed by atoms with Crippen molar-refractivity contribution in [1.82, 2.24) is 4.98 Å². The van der Waals surface area contributed by atoms with Crippen LogP contribution in [0.15, 0.2) is 24.3 Å². The largest absolute Gasteiger partial charge is 0.458 e. The Kier molecular flexibility index (Phi) is 5.58. The Hall–Kier alpha value is -2.07. The highest BCUT2D eigenvalue weighted by Crippen LogP contribution is 2.35. The molecule has 0 bridgehead atoms. The van der Waals surface area contributed by atoms with E-state index < -0.39 is 0 Å². The number of carbonyl (C=O) groups is 2. The smallest absolute Gasteiger partial charge is 0.355 e. The lowest BCUT2D eigenvalue weighted by Gasteiger charge is -2.22. The summed E-state index contributed by atoms with van der Waals surface area (Å²) in [6.07, 6.45) is 7.66. The Morgan fingerprint density at radius 3 is 2.43 bits per heavy atom. The SMILES string of the molecule is Cc1c(C(=O)OC2CCCCCC2)[nH]c2c1C(=O)C[C@@H](c1ccc(Cl)cc1)C2. The van der Waals surface area contributed by atoms with Gasteiger partial charge in [-0.1, -0.05) is 36.6 Å². The van der Waals surface area contributed by atoms with Crippen molar-refractivity contribution in [3.8, 4) is 0 Å². The lowest BCUT2D eigenvalue weighted by Crippen LogP contribution is -2.18. The van der Waals surface area contributed by atoms with Gasteiger partial charge in [0.05, 0.1) is 0 Å². The van der Waals surface area contributed by atoms with Crippen molar-refractivity contribution in [1.29, 1.82) is 0 Å². The van der Waals surface area contributed by atoms with Gasteiger partial charge in [-0.05, 0) is 68.2 Å². The third-order valence-electron chi connectivity index (χ3n) is 6.11. The van der Waals surface area contributed by atoms with E-state index in [1.165, 1.54) is 12.8 Å². The summed E-state index contributed by atoms with van der Waals surface area (Å²) in [5, 5.41) is 0.686. The van der Waals surface area contributed by atoms with Crippen LogP contribution in [0.4, 0.5) is 0 Å². The first-order valence-corrected chi connectivity index (χ1v) is 10.6. The molecule has 1 atom stereocenters. The predicted octanol–water partition coefficient (Wildman–Crippen LogP) is 5.77. The maximum Gasteiger partial charge on any atom is 0.355 e. The zero-order chi connectivity index (χ0) is 19.7. The molecule has 28 heavy (non-hydrogen) atoms. The van der Waals surface area contributed by atoms with Crippen LogP contribution in [0.1, 0.15) is 88.5 Å². The molecule has 0 aliphatic heterocycles. The summed E-state index contributed by atoms with van der Waals surface area (Å²) in [6.45, 7) is 1.85. The first kappa shape index (κ1) is 19.3. The van der Waals surface area contributed by atoms with Crippen LogP contribution in [0.5, 0.6) is 0 Å². The van der Waals surface area contributed by atoms with Crippen molar-refractivity contribution < 1.29 is 14.3 Å². The van der Waals surface area contributed by atoms with Gasteiger partial charge in [0.2, 0.25) is 0 Å². The first-order valence-electron chi connectivity index (χ1n) is 10.2. The molecule has 5 heteroatoms. The average molecular weight is 400 g/mol. The second-order valence-electron chi connectivity index (χ2n) is 8.08. The van der Waals surface area contributed by atoms with E-state index in [1.54, 1.807) is 0 Å². The minimum Gasteiger partial charge on any atom is -0.458 e. The molecule has 0 unspecified atom stereocenters. The van der Waals surface area contributed by atoms with Gasteiger partial charge in [-0.15, -0.1) is 0 Å². The molecular weight excluding hydrogens is 374 g/mol. The number of Topliss-reactive ketones (excluding diaryl/α,β-unsaturated/α-hetero) is 1. The maximum atomic E-state index is 12.8. The number of benzene rings is 1. The lowest BCUT2D eigenvalue weighted by atomic mass is 9.81. The molecule has 4 rings (SSSR count). The van der Waals surface area contributed by atoms with Crippen molar-refractivity contribution >= 4 is 23.4 Å². The van der Waals surface area contributed by atoms with Gasteiger partial charge in [0, 0.05) is 22.7 Å². The molecule has 0 saturated heterocycles. The zero-order valence-electron chi connectivity index (χ0n) is 16.2. The molecule has 1 aromatic heterocycles. The van der Waals surface area contributed by atoms with Crippen LogP contribution in [0.3, 0.4) is 0 Å². The molecule has 148 valence electrons. The Bertz CT molecular complexity index is 876. The summed E-state index contributed by atoms with van der Waals surface area (Å²) in [5.41, 5.74) is 3.80. The van der Waals surface area contributed by atoms with Crippen LogP contribution in [0.25, 0.3) is 0 Å². The fraction of sp³-hybridized carbons (Fsp3) is 0.478. The van der Waals surface area contributed by atoms with Crippen LogP contribution in [0, 0.1) is 6.92 Å². The summed E-state index contributed by atoms with van der Waals surface area (Å²) in [6, 6.07) is 7.66. The van der Waals surface area contributed by atoms with Gasteiger partial charge in [-0.2, -0.15) is 0 Å². The normalized spacial score (nSPS) is 20.5. The molecule has 2 aromatic rings. The molecule has 2 aliphatic rings. The van der Waals surface area contributed by atoms with E-state index in [1.807, 2.05) is 31.2 Å². The number of ether oxygens (including phenoxy) is 1. The second kappa shape index (κ2) is 8.12. The maximum absolute atomic E-state index is 12.8. The van der Waals surface area contributed by atoms with Crippen LogP contribution < -0.4 is 0 Å². The number of halogens is 1. The molecular formula is C23H26ClNO3. The van der Waals surface area contributed by atoms with Crippen molar-refractivity contribution in [2.45, 2.75) is 70.3 Å². The summed E-state index contributed by atoms with van der Waals surface area (Å²) in [4.78, 5) is 28.8. The fourth-order valence-electron chi connectivity index (χ4n) is 4.58. The highest BCUT2D eigenvalue weighted by atomic mass is 35.5. The molecule has 1 aromatic carbocycles. The Labute approximate surface area is 170 Å². The van der Waals surface area contributed by atoms with Crippen LogP contribution in [0.2, 0.25) is 5.02 Å². The summed E-state index contributed by atoms with van der Waals surface area (Å²) < 4.78 is 5.78. The first-order chi connectivity index (χ1) is 13.5. The van der Waals surface area contributed by atoms with Gasteiger partial charge in [0.25, 0.3) is 0 Å². The van der Waals surface area contributed by atoms with Crippen molar-refractivity contribution in [2.24, 2.45) is 0 Å². The third-order valence-corrected chi connectivity index (χ3v) is 6.36. The highest BCUT2D eigenvalue weighted by Gasteiger charge is 2.32. The molecule has 1 saturated carbocycles. The topological polar surface area (TPSA) is 59.2 Å². The number of hydrogen-bond acceptors (Lipinski definition) is 3. The number of carbonyl (C=O) groups excluding carboxylic acids is 2. The standard InChI is InChI=1S/C23H26ClNO3/c1-14-21-19(12-16(13-20(21)26)15-8-10-17(24)11-9-15)25-22(14)23(27)28-18-6-4-2-3-5-7-18/h8-11,16,18,25H,2-7,12-13H2,1H3/t16-/m0/s1. The molecule has 1 fully saturated rings. The number of aromatic nitrogens is 1. The van der Waals surface area contributed by atoms with E-state index >= 15 is 0 Å². The number of H-pyrrole nitrogens is 1. The van der Waals surface area contributed by atoms with Crippen LogP contribution in [-0.2, 0) is 11.2 Å². The van der Waals surface area contributed by atoms with Crippen LogP contribution in [-0.4, -0.2) is 22.8 Å². The minimum atomic E-state index is -0.324. The Morgan fingerprint density at radius 1 is 1.07 bits per heavy atom. The number of ketones is 1. The van der Waals surface area contributed by atoms with E-state index in [-0.39, 0.29) is 23.8 Å².